The lowest BCUT2D eigenvalue weighted by atomic mass is 10.1. The second-order valence-electron chi connectivity index (χ2n) is 4.36. The van der Waals surface area contributed by atoms with Crippen LogP contribution < -0.4 is 0 Å². The van der Waals surface area contributed by atoms with Crippen molar-refractivity contribution in [1.82, 2.24) is 4.98 Å². The van der Waals surface area contributed by atoms with Crippen molar-refractivity contribution in [1.29, 1.82) is 0 Å². The van der Waals surface area contributed by atoms with Gasteiger partial charge in [-0.15, -0.1) is 11.3 Å². The Balaban J connectivity index is 1.91. The lowest BCUT2D eigenvalue weighted by Gasteiger charge is -2.01. The Morgan fingerprint density at radius 2 is 2.00 bits per heavy atom. The molecular weight excluding hydrogens is 290 g/mol. The molecule has 0 aliphatic rings. The van der Waals surface area contributed by atoms with Crippen molar-refractivity contribution in [2.45, 2.75) is 6.42 Å². The number of carboxylic acids is 1. The normalized spacial score (nSPS) is 10.7. The van der Waals surface area contributed by atoms with Crippen LogP contribution in [0, 0.1) is 0 Å². The molecule has 0 saturated carbocycles. The molecule has 2 rings (SSSR count). The number of aromatic carboxylic acids is 1. The van der Waals surface area contributed by atoms with E-state index in [1.807, 2.05) is 5.38 Å². The van der Waals surface area contributed by atoms with Gasteiger partial charge in [-0.3, -0.25) is 0 Å². The second-order valence-corrected chi connectivity index (χ2v) is 5.31. The molecule has 1 N–H and O–H groups in total. The molecule has 5 nitrogen and oxygen atoms in total. The minimum Gasteiger partial charge on any atom is -0.478 e. The molecule has 0 aliphatic heterocycles. The first kappa shape index (κ1) is 15.6. The molecule has 21 heavy (non-hydrogen) atoms. The molecule has 0 fully saturated rings. The third-order valence-corrected chi connectivity index (χ3v) is 3.78. The van der Waals surface area contributed by atoms with E-state index in [4.69, 9.17) is 14.6 Å². The average Bonchev–Trinajstić information content (AvgIpc) is 2.96. The summed E-state index contributed by atoms with van der Waals surface area (Å²) < 4.78 is 10.3. The number of rotatable bonds is 8. The summed E-state index contributed by atoms with van der Waals surface area (Å²) in [6.45, 7) is 1.80. The Bertz CT molecular complexity index is 580. The van der Waals surface area contributed by atoms with Crippen molar-refractivity contribution >= 4 is 17.3 Å². The number of hydrogen-bond donors (Lipinski definition) is 1. The zero-order valence-electron chi connectivity index (χ0n) is 11.7. The SMILES string of the molecule is COCCOCCc1nc(-c2ccc(C(=O)O)cc2)cs1. The van der Waals surface area contributed by atoms with Gasteiger partial charge in [0.2, 0.25) is 0 Å². The summed E-state index contributed by atoms with van der Waals surface area (Å²) in [5.41, 5.74) is 2.06. The molecule has 0 spiro atoms. The predicted molar refractivity (Wildman–Crippen MR) is 80.9 cm³/mol. The van der Waals surface area contributed by atoms with Gasteiger partial charge < -0.3 is 14.6 Å². The lowest BCUT2D eigenvalue weighted by molar-refractivity contribution is 0.0697. The van der Waals surface area contributed by atoms with Crippen LogP contribution in [0.15, 0.2) is 29.6 Å². The third-order valence-electron chi connectivity index (χ3n) is 2.87. The van der Waals surface area contributed by atoms with E-state index in [9.17, 15) is 4.79 Å². The molecule has 1 aromatic carbocycles. The molecule has 6 heteroatoms. The van der Waals surface area contributed by atoms with Gasteiger partial charge in [-0.25, -0.2) is 9.78 Å². The molecule has 0 bridgehead atoms. The van der Waals surface area contributed by atoms with Gasteiger partial charge in [-0.1, -0.05) is 12.1 Å². The number of thiazole rings is 1. The summed E-state index contributed by atoms with van der Waals surface area (Å²) in [4.78, 5) is 15.3. The van der Waals surface area contributed by atoms with Crippen molar-refractivity contribution in [3.63, 3.8) is 0 Å². The highest BCUT2D eigenvalue weighted by molar-refractivity contribution is 7.09. The van der Waals surface area contributed by atoms with Crippen LogP contribution in [0.4, 0.5) is 0 Å². The molecule has 0 saturated heterocycles. The molecule has 112 valence electrons. The molecule has 0 unspecified atom stereocenters. The van der Waals surface area contributed by atoms with Gasteiger partial charge in [-0.2, -0.15) is 0 Å². The maximum Gasteiger partial charge on any atom is 0.335 e. The number of carbonyl (C=O) groups is 1. The highest BCUT2D eigenvalue weighted by Gasteiger charge is 2.07. The Morgan fingerprint density at radius 1 is 1.24 bits per heavy atom. The van der Waals surface area contributed by atoms with Gasteiger partial charge >= 0.3 is 5.97 Å². The van der Waals surface area contributed by atoms with Crippen molar-refractivity contribution in [3.8, 4) is 11.3 Å². The van der Waals surface area contributed by atoms with Crippen LogP contribution in [0.25, 0.3) is 11.3 Å². The van der Waals surface area contributed by atoms with E-state index >= 15 is 0 Å². The first-order chi connectivity index (χ1) is 10.2. The first-order valence-electron chi connectivity index (χ1n) is 6.55. The van der Waals surface area contributed by atoms with Gasteiger partial charge in [0.05, 0.1) is 36.1 Å². The molecular formula is C15H17NO4S. The van der Waals surface area contributed by atoms with Crippen LogP contribution in [-0.4, -0.2) is 43.0 Å². The summed E-state index contributed by atoms with van der Waals surface area (Å²) in [5.74, 6) is -0.922. The quantitative estimate of drug-likeness (QED) is 0.759. The Morgan fingerprint density at radius 3 is 2.67 bits per heavy atom. The summed E-state index contributed by atoms with van der Waals surface area (Å²) in [5, 5.41) is 11.8. The molecule has 0 radical (unpaired) electrons. The number of hydrogen-bond acceptors (Lipinski definition) is 5. The molecule has 1 heterocycles. The Hall–Kier alpha value is -1.76. The highest BCUT2D eigenvalue weighted by Crippen LogP contribution is 2.22. The minimum atomic E-state index is -0.922. The van der Waals surface area contributed by atoms with Crippen molar-refractivity contribution < 1.29 is 19.4 Å². The topological polar surface area (TPSA) is 68.7 Å². The molecule has 0 aliphatic carbocycles. The van der Waals surface area contributed by atoms with E-state index < -0.39 is 5.97 Å². The summed E-state index contributed by atoms with van der Waals surface area (Å²) in [7, 11) is 1.64. The molecule has 1 aromatic heterocycles. The fourth-order valence-corrected chi connectivity index (χ4v) is 2.53. The maximum atomic E-state index is 10.8. The van der Waals surface area contributed by atoms with Gasteiger partial charge in [-0.05, 0) is 12.1 Å². The minimum absolute atomic E-state index is 0.278. The van der Waals surface area contributed by atoms with Gasteiger partial charge in [0.1, 0.15) is 0 Å². The van der Waals surface area contributed by atoms with Crippen LogP contribution >= 0.6 is 11.3 Å². The van der Waals surface area contributed by atoms with Crippen molar-refractivity contribution in [2.24, 2.45) is 0 Å². The van der Waals surface area contributed by atoms with Crippen LogP contribution in [-0.2, 0) is 15.9 Å². The Labute approximate surface area is 127 Å². The molecule has 2 aromatic rings. The van der Waals surface area contributed by atoms with Crippen LogP contribution in [0.3, 0.4) is 0 Å². The number of methoxy groups -OCH3 is 1. The number of nitrogens with zero attached hydrogens (tertiary/aromatic N) is 1. The lowest BCUT2D eigenvalue weighted by Crippen LogP contribution is -2.04. The van der Waals surface area contributed by atoms with E-state index in [0.717, 1.165) is 22.7 Å². The van der Waals surface area contributed by atoms with E-state index in [2.05, 4.69) is 4.98 Å². The number of carboxylic acid groups (broad SMARTS) is 1. The van der Waals surface area contributed by atoms with Crippen LogP contribution in [0.5, 0.6) is 0 Å². The average molecular weight is 307 g/mol. The van der Waals surface area contributed by atoms with Crippen LogP contribution in [0.2, 0.25) is 0 Å². The van der Waals surface area contributed by atoms with Crippen molar-refractivity contribution in [2.75, 3.05) is 26.9 Å². The third kappa shape index (κ3) is 4.63. The zero-order chi connectivity index (χ0) is 15.1. The van der Waals surface area contributed by atoms with E-state index in [1.165, 1.54) is 0 Å². The predicted octanol–water partition coefficient (Wildman–Crippen LogP) is 2.71. The smallest absolute Gasteiger partial charge is 0.335 e. The standard InChI is InChI=1S/C15H17NO4S/c1-19-8-9-20-7-6-14-16-13(10-21-14)11-2-4-12(5-3-11)15(17)18/h2-5,10H,6-9H2,1H3,(H,17,18). The first-order valence-corrected chi connectivity index (χ1v) is 7.43. The van der Waals surface area contributed by atoms with Crippen LogP contribution in [0.1, 0.15) is 15.4 Å². The molecule has 0 amide bonds. The maximum absolute atomic E-state index is 10.8. The highest BCUT2D eigenvalue weighted by atomic mass is 32.1. The Kier molecular flexibility index (Phi) is 5.86. The number of aromatic nitrogens is 1. The summed E-state index contributed by atoms with van der Waals surface area (Å²) >= 11 is 1.58. The number of benzene rings is 1. The largest absolute Gasteiger partial charge is 0.478 e. The monoisotopic (exact) mass is 307 g/mol. The molecule has 0 atom stereocenters. The van der Waals surface area contributed by atoms with Gasteiger partial charge in [0, 0.05) is 24.5 Å². The van der Waals surface area contributed by atoms with E-state index in [0.29, 0.717) is 19.8 Å². The van der Waals surface area contributed by atoms with Gasteiger partial charge in [0.25, 0.3) is 0 Å². The van der Waals surface area contributed by atoms with Crippen molar-refractivity contribution in [3.05, 3.63) is 40.2 Å². The zero-order valence-corrected chi connectivity index (χ0v) is 12.6. The number of ether oxygens (including phenoxy) is 2. The van der Waals surface area contributed by atoms with E-state index in [-0.39, 0.29) is 5.56 Å². The summed E-state index contributed by atoms with van der Waals surface area (Å²) in [6, 6.07) is 6.73. The van der Waals surface area contributed by atoms with Gasteiger partial charge in [0.15, 0.2) is 0 Å². The van der Waals surface area contributed by atoms with E-state index in [1.54, 1.807) is 42.7 Å². The second kappa shape index (κ2) is 7.87. The fourth-order valence-electron chi connectivity index (χ4n) is 1.75. The fraction of sp³-hybridized carbons (Fsp3) is 0.333. The summed E-state index contributed by atoms with van der Waals surface area (Å²) in [6.07, 6.45) is 0.765.